The second-order valence-corrected chi connectivity index (χ2v) is 7.61. The number of pyridine rings is 1. The molecule has 0 unspecified atom stereocenters. The highest BCUT2D eigenvalue weighted by atomic mass is 127. The Morgan fingerprint density at radius 1 is 1.16 bits per heavy atom. The van der Waals surface area contributed by atoms with Crippen molar-refractivity contribution in [2.24, 2.45) is 4.99 Å². The van der Waals surface area contributed by atoms with Crippen molar-refractivity contribution in [1.82, 2.24) is 20.1 Å². The van der Waals surface area contributed by atoms with E-state index in [4.69, 9.17) is 4.74 Å². The summed E-state index contributed by atoms with van der Waals surface area (Å²) in [6, 6.07) is 12.4. The third-order valence-corrected chi connectivity index (χ3v) is 5.33. The van der Waals surface area contributed by atoms with Gasteiger partial charge in [-0.25, -0.2) is 4.98 Å². The van der Waals surface area contributed by atoms with Gasteiger partial charge in [-0.15, -0.1) is 24.0 Å². The minimum atomic E-state index is 0. The van der Waals surface area contributed by atoms with Crippen molar-refractivity contribution in [2.75, 3.05) is 58.8 Å². The number of aromatic nitrogens is 1. The summed E-state index contributed by atoms with van der Waals surface area (Å²) >= 11 is 0. The van der Waals surface area contributed by atoms with Gasteiger partial charge in [0.2, 0.25) is 0 Å². The third-order valence-electron chi connectivity index (χ3n) is 5.33. The molecule has 0 bridgehead atoms. The lowest BCUT2D eigenvalue weighted by Crippen LogP contribution is -2.45. The van der Waals surface area contributed by atoms with E-state index in [0.717, 1.165) is 50.3 Å². The first-order valence-electron chi connectivity index (χ1n) is 10.6. The predicted molar refractivity (Wildman–Crippen MR) is 139 cm³/mol. The fraction of sp³-hybridized carbons (Fsp3) is 0.478. The molecule has 1 aliphatic rings. The molecular formula is C23H35IN6O. The van der Waals surface area contributed by atoms with Crippen LogP contribution in [-0.4, -0.2) is 74.7 Å². The van der Waals surface area contributed by atoms with Crippen molar-refractivity contribution in [3.8, 4) is 5.75 Å². The molecule has 2 aromatic rings. The standard InChI is InChI=1S/C23H34N6O.HI/c1-5-30-21-10-8-19(9-11-21)18-28(4)23(24-2)26-17-20-7-6-12-25-22(20)29-15-13-27(3)14-16-29;/h6-12H,5,13-18H2,1-4H3,(H,24,26);1H. The zero-order chi connectivity index (χ0) is 21.3. The smallest absolute Gasteiger partial charge is 0.193 e. The molecular weight excluding hydrogens is 503 g/mol. The average Bonchev–Trinajstić information content (AvgIpc) is 2.77. The van der Waals surface area contributed by atoms with Crippen molar-refractivity contribution in [2.45, 2.75) is 20.0 Å². The molecule has 0 radical (unpaired) electrons. The predicted octanol–water partition coefficient (Wildman–Crippen LogP) is 3.06. The van der Waals surface area contributed by atoms with Crippen LogP contribution in [0.2, 0.25) is 0 Å². The van der Waals surface area contributed by atoms with Gasteiger partial charge >= 0.3 is 0 Å². The zero-order valence-electron chi connectivity index (χ0n) is 19.0. The number of nitrogens with one attached hydrogen (secondary N) is 1. The van der Waals surface area contributed by atoms with Crippen molar-refractivity contribution < 1.29 is 4.74 Å². The molecule has 8 heteroatoms. The fourth-order valence-electron chi connectivity index (χ4n) is 3.64. The summed E-state index contributed by atoms with van der Waals surface area (Å²) < 4.78 is 5.53. The van der Waals surface area contributed by atoms with Crippen LogP contribution >= 0.6 is 24.0 Å². The lowest BCUT2D eigenvalue weighted by atomic mass is 10.2. The van der Waals surface area contributed by atoms with E-state index in [1.165, 1.54) is 11.1 Å². The van der Waals surface area contributed by atoms with Gasteiger partial charge in [0.1, 0.15) is 11.6 Å². The second-order valence-electron chi connectivity index (χ2n) is 7.61. The number of benzene rings is 1. The van der Waals surface area contributed by atoms with Crippen LogP contribution in [0.3, 0.4) is 0 Å². The molecule has 31 heavy (non-hydrogen) atoms. The molecule has 1 aromatic carbocycles. The number of hydrogen-bond donors (Lipinski definition) is 1. The molecule has 1 aliphatic heterocycles. The van der Waals surface area contributed by atoms with Gasteiger partial charge in [-0.1, -0.05) is 18.2 Å². The Balaban J connectivity index is 0.00000341. The number of guanidine groups is 1. The van der Waals surface area contributed by atoms with Gasteiger partial charge in [0.15, 0.2) is 5.96 Å². The Kier molecular flexibility index (Phi) is 10.3. The molecule has 170 valence electrons. The Morgan fingerprint density at radius 2 is 1.87 bits per heavy atom. The molecule has 0 aliphatic carbocycles. The highest BCUT2D eigenvalue weighted by Crippen LogP contribution is 2.19. The second kappa shape index (κ2) is 12.7. The minimum absolute atomic E-state index is 0. The largest absolute Gasteiger partial charge is 0.494 e. The van der Waals surface area contributed by atoms with E-state index in [1.807, 2.05) is 38.4 Å². The van der Waals surface area contributed by atoms with Crippen LogP contribution in [0, 0.1) is 0 Å². The van der Waals surface area contributed by atoms with Crippen LogP contribution in [0.5, 0.6) is 5.75 Å². The lowest BCUT2D eigenvalue weighted by molar-refractivity contribution is 0.311. The quantitative estimate of drug-likeness (QED) is 0.333. The Bertz CT molecular complexity index is 821. The van der Waals surface area contributed by atoms with Crippen molar-refractivity contribution >= 4 is 35.8 Å². The van der Waals surface area contributed by atoms with Gasteiger partial charge in [0.25, 0.3) is 0 Å². The number of aliphatic imine (C=N–C) groups is 1. The first kappa shape index (κ1) is 25.2. The van der Waals surface area contributed by atoms with Crippen LogP contribution in [0.1, 0.15) is 18.1 Å². The fourth-order valence-corrected chi connectivity index (χ4v) is 3.64. The van der Waals surface area contributed by atoms with E-state index < -0.39 is 0 Å². The number of likely N-dealkylation sites (N-methyl/N-ethyl adjacent to an activating group) is 1. The van der Waals surface area contributed by atoms with Crippen molar-refractivity contribution in [3.05, 3.63) is 53.7 Å². The summed E-state index contributed by atoms with van der Waals surface area (Å²) in [5.74, 6) is 2.83. The third kappa shape index (κ3) is 7.24. The molecule has 7 nitrogen and oxygen atoms in total. The van der Waals surface area contributed by atoms with Crippen LogP contribution in [0.15, 0.2) is 47.6 Å². The van der Waals surface area contributed by atoms with E-state index in [2.05, 4.69) is 62.3 Å². The number of halogens is 1. The highest BCUT2D eigenvalue weighted by Gasteiger charge is 2.18. The molecule has 0 atom stereocenters. The number of ether oxygens (including phenoxy) is 1. The number of anilines is 1. The first-order valence-corrected chi connectivity index (χ1v) is 10.6. The van der Waals surface area contributed by atoms with Gasteiger partial charge in [-0.3, -0.25) is 4.99 Å². The summed E-state index contributed by atoms with van der Waals surface area (Å²) in [5.41, 5.74) is 2.40. The minimum Gasteiger partial charge on any atom is -0.494 e. The number of hydrogen-bond acceptors (Lipinski definition) is 5. The summed E-state index contributed by atoms with van der Waals surface area (Å²) in [7, 11) is 6.04. The number of piperazine rings is 1. The average molecular weight is 538 g/mol. The summed E-state index contributed by atoms with van der Waals surface area (Å²) in [6.45, 7) is 8.28. The number of rotatable bonds is 7. The molecule has 0 amide bonds. The molecule has 1 N–H and O–H groups in total. The number of nitrogens with zero attached hydrogens (tertiary/aromatic N) is 5. The summed E-state index contributed by atoms with van der Waals surface area (Å²) in [6.07, 6.45) is 1.88. The van der Waals surface area contributed by atoms with E-state index in [9.17, 15) is 0 Å². The molecule has 3 rings (SSSR count). The summed E-state index contributed by atoms with van der Waals surface area (Å²) in [4.78, 5) is 16.0. The molecule has 1 aromatic heterocycles. The molecule has 0 saturated carbocycles. The van der Waals surface area contributed by atoms with Gasteiger partial charge < -0.3 is 24.8 Å². The maximum Gasteiger partial charge on any atom is 0.193 e. The molecule has 1 fully saturated rings. The van der Waals surface area contributed by atoms with Crippen molar-refractivity contribution in [1.29, 1.82) is 0 Å². The molecule has 0 spiro atoms. The van der Waals surface area contributed by atoms with Crippen LogP contribution < -0.4 is 15.0 Å². The van der Waals surface area contributed by atoms with Gasteiger partial charge in [-0.05, 0) is 37.7 Å². The van der Waals surface area contributed by atoms with Gasteiger partial charge in [0, 0.05) is 65.1 Å². The van der Waals surface area contributed by atoms with Crippen LogP contribution in [-0.2, 0) is 13.1 Å². The maximum absolute atomic E-state index is 5.53. The lowest BCUT2D eigenvalue weighted by Gasteiger charge is -2.34. The van der Waals surface area contributed by atoms with Gasteiger partial charge in [0.05, 0.1) is 6.61 Å². The highest BCUT2D eigenvalue weighted by molar-refractivity contribution is 14.0. The Labute approximate surface area is 203 Å². The SMILES string of the molecule is CCOc1ccc(CN(C)C(=NC)NCc2cccnc2N2CCN(C)CC2)cc1.I. The monoisotopic (exact) mass is 538 g/mol. The van der Waals surface area contributed by atoms with Crippen molar-refractivity contribution in [3.63, 3.8) is 0 Å². The van der Waals surface area contributed by atoms with Crippen LogP contribution in [0.4, 0.5) is 5.82 Å². The van der Waals surface area contributed by atoms with E-state index >= 15 is 0 Å². The zero-order valence-corrected chi connectivity index (χ0v) is 21.4. The van der Waals surface area contributed by atoms with E-state index in [1.54, 1.807) is 0 Å². The first-order chi connectivity index (χ1) is 14.6. The van der Waals surface area contributed by atoms with E-state index in [0.29, 0.717) is 13.2 Å². The topological polar surface area (TPSA) is 56.2 Å². The van der Waals surface area contributed by atoms with Crippen LogP contribution in [0.25, 0.3) is 0 Å². The Morgan fingerprint density at radius 3 is 2.52 bits per heavy atom. The molecule has 1 saturated heterocycles. The summed E-state index contributed by atoms with van der Waals surface area (Å²) in [5, 5.41) is 3.50. The Hall–Kier alpha value is -2.07. The normalized spacial score (nSPS) is 14.7. The maximum atomic E-state index is 5.53. The van der Waals surface area contributed by atoms with Gasteiger partial charge in [-0.2, -0.15) is 0 Å². The van der Waals surface area contributed by atoms with E-state index in [-0.39, 0.29) is 24.0 Å². The molecule has 2 heterocycles.